The second-order valence-electron chi connectivity index (χ2n) is 4.61. The normalized spacial score (nSPS) is 20.9. The summed E-state index contributed by atoms with van der Waals surface area (Å²) in [6, 6.07) is 0.294. The summed E-state index contributed by atoms with van der Waals surface area (Å²) in [5.41, 5.74) is 0. The van der Waals surface area contributed by atoms with Gasteiger partial charge in [0.2, 0.25) is 0 Å². The maximum atomic E-state index is 11.6. The lowest BCUT2D eigenvalue weighted by Gasteiger charge is -2.37. The fraction of sp³-hybridized carbons (Fsp3) is 0.923. The highest BCUT2D eigenvalue weighted by Gasteiger charge is 2.27. The van der Waals surface area contributed by atoms with Crippen LogP contribution in [0.15, 0.2) is 0 Å². The standard InChI is InChI=1S/C13H25NO3/c1-4-11(3)12(10-13(15)17-5-2)14-6-8-16-9-7-14/h11-12H,4-10H2,1-3H3. The number of carbonyl (C=O) groups is 1. The highest BCUT2D eigenvalue weighted by molar-refractivity contribution is 5.70. The van der Waals surface area contributed by atoms with Crippen molar-refractivity contribution < 1.29 is 14.3 Å². The van der Waals surface area contributed by atoms with E-state index in [1.807, 2.05) is 6.92 Å². The molecule has 1 rings (SSSR count). The van der Waals surface area contributed by atoms with E-state index in [4.69, 9.17) is 9.47 Å². The van der Waals surface area contributed by atoms with Gasteiger partial charge in [0.25, 0.3) is 0 Å². The summed E-state index contributed by atoms with van der Waals surface area (Å²) in [7, 11) is 0. The molecule has 1 fully saturated rings. The van der Waals surface area contributed by atoms with Crippen LogP contribution < -0.4 is 0 Å². The third kappa shape index (κ3) is 4.64. The molecule has 2 atom stereocenters. The minimum Gasteiger partial charge on any atom is -0.466 e. The van der Waals surface area contributed by atoms with Crippen molar-refractivity contribution in [2.24, 2.45) is 5.92 Å². The SMILES string of the molecule is CCOC(=O)CC(C(C)CC)N1CCOCC1. The molecule has 100 valence electrons. The molecule has 1 saturated heterocycles. The molecule has 0 amide bonds. The van der Waals surface area contributed by atoms with Crippen LogP contribution in [0.5, 0.6) is 0 Å². The zero-order valence-corrected chi connectivity index (χ0v) is 11.3. The third-order valence-electron chi connectivity index (χ3n) is 3.50. The molecule has 1 aliphatic heterocycles. The van der Waals surface area contributed by atoms with E-state index in [9.17, 15) is 4.79 Å². The predicted molar refractivity (Wildman–Crippen MR) is 66.9 cm³/mol. The molecule has 0 aromatic heterocycles. The van der Waals surface area contributed by atoms with Gasteiger partial charge in [0, 0.05) is 19.1 Å². The van der Waals surface area contributed by atoms with Crippen molar-refractivity contribution in [3.8, 4) is 0 Å². The second kappa shape index (κ2) is 7.67. The molecule has 17 heavy (non-hydrogen) atoms. The Balaban J connectivity index is 2.55. The van der Waals surface area contributed by atoms with Crippen LogP contribution in [0.25, 0.3) is 0 Å². The molecule has 0 aliphatic carbocycles. The number of hydrogen-bond acceptors (Lipinski definition) is 4. The summed E-state index contributed by atoms with van der Waals surface area (Å²) in [6.07, 6.45) is 1.59. The van der Waals surface area contributed by atoms with Gasteiger partial charge < -0.3 is 9.47 Å². The van der Waals surface area contributed by atoms with Gasteiger partial charge in [-0.3, -0.25) is 9.69 Å². The summed E-state index contributed by atoms with van der Waals surface area (Å²) in [5, 5.41) is 0. The van der Waals surface area contributed by atoms with Crippen LogP contribution in [-0.4, -0.2) is 49.8 Å². The van der Waals surface area contributed by atoms with Crippen LogP contribution >= 0.6 is 0 Å². The van der Waals surface area contributed by atoms with E-state index < -0.39 is 0 Å². The van der Waals surface area contributed by atoms with Crippen molar-refractivity contribution in [3.63, 3.8) is 0 Å². The molecular formula is C13H25NO3. The van der Waals surface area contributed by atoms with Crippen LogP contribution in [0.1, 0.15) is 33.6 Å². The molecular weight excluding hydrogens is 218 g/mol. The van der Waals surface area contributed by atoms with Crippen molar-refractivity contribution in [3.05, 3.63) is 0 Å². The first-order valence-corrected chi connectivity index (χ1v) is 6.66. The van der Waals surface area contributed by atoms with E-state index in [1.165, 1.54) is 0 Å². The molecule has 0 bridgehead atoms. The Bertz CT molecular complexity index is 227. The lowest BCUT2D eigenvalue weighted by molar-refractivity contribution is -0.145. The molecule has 2 unspecified atom stereocenters. The highest BCUT2D eigenvalue weighted by atomic mass is 16.5. The zero-order valence-electron chi connectivity index (χ0n) is 11.3. The van der Waals surface area contributed by atoms with E-state index in [1.54, 1.807) is 0 Å². The van der Waals surface area contributed by atoms with Gasteiger partial charge >= 0.3 is 5.97 Å². The zero-order chi connectivity index (χ0) is 12.7. The third-order valence-corrected chi connectivity index (χ3v) is 3.50. The Morgan fingerprint density at radius 2 is 2.00 bits per heavy atom. The minimum absolute atomic E-state index is 0.0794. The van der Waals surface area contributed by atoms with Gasteiger partial charge in [0.05, 0.1) is 26.2 Å². The number of hydrogen-bond donors (Lipinski definition) is 0. The fourth-order valence-electron chi connectivity index (χ4n) is 2.26. The number of nitrogens with zero attached hydrogens (tertiary/aromatic N) is 1. The van der Waals surface area contributed by atoms with Gasteiger partial charge in [-0.25, -0.2) is 0 Å². The van der Waals surface area contributed by atoms with Gasteiger partial charge in [-0.05, 0) is 12.8 Å². The first-order chi connectivity index (χ1) is 8.19. The van der Waals surface area contributed by atoms with Gasteiger partial charge in [0.15, 0.2) is 0 Å². The summed E-state index contributed by atoms with van der Waals surface area (Å²) in [6.45, 7) is 10.1. The monoisotopic (exact) mass is 243 g/mol. The predicted octanol–water partition coefficient (Wildman–Crippen LogP) is 1.69. The molecule has 4 heteroatoms. The Labute approximate surface area is 104 Å². The number of morpholine rings is 1. The van der Waals surface area contributed by atoms with Gasteiger partial charge in [-0.2, -0.15) is 0 Å². The second-order valence-corrected chi connectivity index (χ2v) is 4.61. The summed E-state index contributed by atoms with van der Waals surface area (Å²) < 4.78 is 10.4. The maximum absolute atomic E-state index is 11.6. The van der Waals surface area contributed by atoms with Crippen molar-refractivity contribution in [2.75, 3.05) is 32.9 Å². The van der Waals surface area contributed by atoms with E-state index in [0.29, 0.717) is 25.0 Å². The molecule has 1 heterocycles. The molecule has 0 saturated carbocycles. The lowest BCUT2D eigenvalue weighted by atomic mass is 9.94. The number of rotatable bonds is 6. The molecule has 0 spiro atoms. The van der Waals surface area contributed by atoms with Gasteiger partial charge in [-0.1, -0.05) is 20.3 Å². The van der Waals surface area contributed by atoms with Gasteiger partial charge in [0.1, 0.15) is 0 Å². The molecule has 0 aromatic rings. The first-order valence-electron chi connectivity index (χ1n) is 6.66. The van der Waals surface area contributed by atoms with Crippen molar-refractivity contribution in [1.29, 1.82) is 0 Å². The molecule has 0 N–H and O–H groups in total. The smallest absolute Gasteiger partial charge is 0.307 e. The van der Waals surface area contributed by atoms with Crippen molar-refractivity contribution >= 4 is 5.97 Å². The minimum atomic E-state index is -0.0794. The van der Waals surface area contributed by atoms with Crippen molar-refractivity contribution in [1.82, 2.24) is 4.90 Å². The lowest BCUT2D eigenvalue weighted by Crippen LogP contribution is -2.47. The summed E-state index contributed by atoms with van der Waals surface area (Å²) in [5.74, 6) is 0.432. The fourth-order valence-corrected chi connectivity index (χ4v) is 2.26. The number of carbonyl (C=O) groups excluding carboxylic acids is 1. The summed E-state index contributed by atoms with van der Waals surface area (Å²) in [4.78, 5) is 14.0. The van der Waals surface area contributed by atoms with Gasteiger partial charge in [-0.15, -0.1) is 0 Å². The van der Waals surface area contributed by atoms with E-state index in [0.717, 1.165) is 32.7 Å². The number of esters is 1. The topological polar surface area (TPSA) is 38.8 Å². The van der Waals surface area contributed by atoms with Crippen LogP contribution in [0, 0.1) is 5.92 Å². The van der Waals surface area contributed by atoms with Crippen LogP contribution in [0.4, 0.5) is 0 Å². The quantitative estimate of drug-likeness (QED) is 0.665. The van der Waals surface area contributed by atoms with Crippen molar-refractivity contribution in [2.45, 2.75) is 39.7 Å². The van der Waals surface area contributed by atoms with Crippen LogP contribution in [0.2, 0.25) is 0 Å². The van der Waals surface area contributed by atoms with E-state index in [2.05, 4.69) is 18.7 Å². The van der Waals surface area contributed by atoms with E-state index in [-0.39, 0.29) is 5.97 Å². The Kier molecular flexibility index (Phi) is 6.52. The van der Waals surface area contributed by atoms with Crippen LogP contribution in [-0.2, 0) is 14.3 Å². The molecule has 1 aliphatic rings. The average Bonchev–Trinajstić information content (AvgIpc) is 2.36. The largest absolute Gasteiger partial charge is 0.466 e. The Hall–Kier alpha value is -0.610. The molecule has 0 radical (unpaired) electrons. The Morgan fingerprint density at radius 3 is 2.53 bits per heavy atom. The summed E-state index contributed by atoms with van der Waals surface area (Å²) >= 11 is 0. The highest BCUT2D eigenvalue weighted by Crippen LogP contribution is 2.19. The first kappa shape index (κ1) is 14.5. The average molecular weight is 243 g/mol. The van der Waals surface area contributed by atoms with Crippen LogP contribution in [0.3, 0.4) is 0 Å². The number of ether oxygens (including phenoxy) is 2. The molecule has 0 aromatic carbocycles. The molecule has 4 nitrogen and oxygen atoms in total. The Morgan fingerprint density at radius 1 is 1.35 bits per heavy atom. The van der Waals surface area contributed by atoms with E-state index >= 15 is 0 Å². The maximum Gasteiger partial charge on any atom is 0.307 e.